The van der Waals surface area contributed by atoms with Crippen molar-refractivity contribution in [3.8, 4) is 11.1 Å². The third-order valence-corrected chi connectivity index (χ3v) is 10.0. The Hall–Kier alpha value is -5.66. The van der Waals surface area contributed by atoms with E-state index in [0.29, 0.717) is 0 Å². The van der Waals surface area contributed by atoms with Crippen molar-refractivity contribution in [2.24, 2.45) is 0 Å². The number of allylic oxidation sites excluding steroid dienone is 5. The molecule has 1 aliphatic rings. The number of rotatable bonds is 6. The highest BCUT2D eigenvalue weighted by atomic mass is 14.9. The smallest absolute Gasteiger partial charge is 0.0711 e. The van der Waals surface area contributed by atoms with Crippen LogP contribution in [0.4, 0.5) is 11.4 Å². The van der Waals surface area contributed by atoms with Crippen molar-refractivity contribution in [3.05, 3.63) is 192 Å². The van der Waals surface area contributed by atoms with Gasteiger partial charge in [0, 0.05) is 16.8 Å². The first-order chi connectivity index (χ1) is 23.0. The molecule has 0 bridgehead atoms. The Morgan fingerprint density at radius 2 is 1.32 bits per heavy atom. The van der Waals surface area contributed by atoms with Gasteiger partial charge in [-0.05, 0) is 117 Å². The van der Waals surface area contributed by atoms with E-state index < -0.39 is 5.41 Å². The quantitative estimate of drug-likeness (QED) is 0.147. The van der Waals surface area contributed by atoms with Gasteiger partial charge in [-0.15, -0.1) is 0 Å². The van der Waals surface area contributed by atoms with Crippen molar-refractivity contribution in [3.63, 3.8) is 0 Å². The van der Waals surface area contributed by atoms with Crippen molar-refractivity contribution in [1.29, 1.82) is 0 Å². The maximum absolute atomic E-state index is 4.29. The first-order valence-electron chi connectivity index (χ1n) is 16.4. The molecule has 0 saturated heterocycles. The topological polar surface area (TPSA) is 12.0 Å². The van der Waals surface area contributed by atoms with Crippen LogP contribution in [-0.4, -0.2) is 0 Å². The molecule has 1 nitrogen and oxygen atoms in total. The molecule has 0 heterocycles. The normalized spacial score (nSPS) is 16.0. The molecule has 1 N–H and O–H groups in total. The van der Waals surface area contributed by atoms with Gasteiger partial charge < -0.3 is 5.32 Å². The maximum atomic E-state index is 4.29. The average molecular weight is 604 g/mol. The van der Waals surface area contributed by atoms with Gasteiger partial charge in [0.15, 0.2) is 0 Å². The minimum absolute atomic E-state index is 0.520. The highest BCUT2D eigenvalue weighted by Crippen LogP contribution is 2.58. The molecule has 1 aliphatic carbocycles. The van der Waals surface area contributed by atoms with Crippen molar-refractivity contribution in [2.45, 2.75) is 26.2 Å². The van der Waals surface area contributed by atoms with Crippen LogP contribution in [0.1, 0.15) is 37.5 Å². The summed E-state index contributed by atoms with van der Waals surface area (Å²) in [7, 11) is 0. The average Bonchev–Trinajstić information content (AvgIpc) is 3.41. The standard InChI is InChI=1S/C46H37N/c1-5-36(26-31(4)30(2)3)46(42-22-11-10-21-40(42)45-39-20-9-8-14-32(39)24-25-43(45)46)37-18-13-19-38(29-37)47-44-23-12-17-35-27-33-15-6-7-16-34(33)28-41(35)44/h5-29,47H,2H2,1,3-4H3/b31-26-,36-5+. The lowest BCUT2D eigenvalue weighted by Gasteiger charge is -2.35. The zero-order valence-electron chi connectivity index (χ0n) is 27.1. The molecule has 0 amide bonds. The van der Waals surface area contributed by atoms with Gasteiger partial charge in [0.1, 0.15) is 0 Å². The molecule has 0 aromatic heterocycles. The van der Waals surface area contributed by atoms with Crippen LogP contribution < -0.4 is 5.32 Å². The Morgan fingerprint density at radius 1 is 0.617 bits per heavy atom. The summed E-state index contributed by atoms with van der Waals surface area (Å²) in [6.07, 6.45) is 4.64. The highest BCUT2D eigenvalue weighted by molar-refractivity contribution is 6.05. The molecule has 0 radical (unpaired) electrons. The Morgan fingerprint density at radius 3 is 2.13 bits per heavy atom. The lowest BCUT2D eigenvalue weighted by molar-refractivity contribution is 0.764. The van der Waals surface area contributed by atoms with Crippen molar-refractivity contribution in [2.75, 3.05) is 5.32 Å². The number of fused-ring (bicyclic) bond motifs is 7. The summed E-state index contributed by atoms with van der Waals surface area (Å²) in [6, 6.07) is 51.1. The first kappa shape index (κ1) is 28.8. The number of hydrogen-bond acceptors (Lipinski definition) is 1. The SMILES string of the molecule is C=C(C)/C(C)=C\C(=C/C)C1(c2cccc(Nc3cccc4cc5ccccc5cc34)c2)c2ccccc2-c2c1ccc1ccccc21. The summed E-state index contributed by atoms with van der Waals surface area (Å²) in [4.78, 5) is 0. The number of anilines is 2. The predicted octanol–water partition coefficient (Wildman–Crippen LogP) is 12.7. The van der Waals surface area contributed by atoms with E-state index in [0.717, 1.165) is 16.9 Å². The zero-order valence-corrected chi connectivity index (χ0v) is 27.1. The fourth-order valence-electron chi connectivity index (χ4n) is 7.66. The molecule has 47 heavy (non-hydrogen) atoms. The third kappa shape index (κ3) is 4.54. The molecule has 0 saturated carbocycles. The molecular weight excluding hydrogens is 567 g/mol. The lowest BCUT2D eigenvalue weighted by atomic mass is 9.66. The fourth-order valence-corrected chi connectivity index (χ4v) is 7.66. The van der Waals surface area contributed by atoms with E-state index >= 15 is 0 Å². The van der Waals surface area contributed by atoms with E-state index in [1.807, 2.05) is 0 Å². The van der Waals surface area contributed by atoms with E-state index in [4.69, 9.17) is 0 Å². The van der Waals surface area contributed by atoms with E-state index in [9.17, 15) is 0 Å². The van der Waals surface area contributed by atoms with E-state index in [-0.39, 0.29) is 0 Å². The lowest BCUT2D eigenvalue weighted by Crippen LogP contribution is -2.29. The largest absolute Gasteiger partial charge is 0.355 e. The fraction of sp³-hybridized carbons (Fsp3) is 0.0870. The van der Waals surface area contributed by atoms with Gasteiger partial charge in [-0.3, -0.25) is 0 Å². The number of nitrogens with one attached hydrogen (secondary N) is 1. The molecular formula is C46H37N. The number of benzene rings is 7. The van der Waals surface area contributed by atoms with Gasteiger partial charge in [0.25, 0.3) is 0 Å². The summed E-state index contributed by atoms with van der Waals surface area (Å²) in [5, 5.41) is 11.3. The second-order valence-electron chi connectivity index (χ2n) is 12.8. The van der Waals surface area contributed by atoms with Gasteiger partial charge in [-0.2, -0.15) is 0 Å². The van der Waals surface area contributed by atoms with Crippen LogP contribution >= 0.6 is 0 Å². The molecule has 0 spiro atoms. The first-order valence-corrected chi connectivity index (χ1v) is 16.4. The molecule has 0 fully saturated rings. The van der Waals surface area contributed by atoms with E-state index in [2.05, 4.69) is 184 Å². The van der Waals surface area contributed by atoms with Crippen LogP contribution in [0.15, 0.2) is 175 Å². The molecule has 7 aromatic rings. The Labute approximate surface area is 277 Å². The highest BCUT2D eigenvalue weighted by Gasteiger charge is 2.47. The summed E-state index contributed by atoms with van der Waals surface area (Å²) < 4.78 is 0. The third-order valence-electron chi connectivity index (χ3n) is 10.0. The maximum Gasteiger partial charge on any atom is 0.0711 e. The predicted molar refractivity (Wildman–Crippen MR) is 203 cm³/mol. The van der Waals surface area contributed by atoms with Gasteiger partial charge in [0.2, 0.25) is 0 Å². The summed E-state index contributed by atoms with van der Waals surface area (Å²) in [6.45, 7) is 10.7. The van der Waals surface area contributed by atoms with Crippen LogP contribution in [0.25, 0.3) is 43.4 Å². The van der Waals surface area contributed by atoms with Gasteiger partial charge in [-0.1, -0.05) is 133 Å². The monoisotopic (exact) mass is 603 g/mol. The van der Waals surface area contributed by atoms with Gasteiger partial charge >= 0.3 is 0 Å². The molecule has 8 rings (SSSR count). The van der Waals surface area contributed by atoms with Crippen LogP contribution in [0.3, 0.4) is 0 Å². The molecule has 0 aliphatic heterocycles. The van der Waals surface area contributed by atoms with Crippen LogP contribution in [0.5, 0.6) is 0 Å². The minimum atomic E-state index is -0.520. The Bertz CT molecular complexity index is 2440. The van der Waals surface area contributed by atoms with Crippen molar-refractivity contribution in [1.82, 2.24) is 0 Å². The van der Waals surface area contributed by atoms with Crippen LogP contribution in [0.2, 0.25) is 0 Å². The Kier molecular flexibility index (Phi) is 6.92. The minimum Gasteiger partial charge on any atom is -0.355 e. The van der Waals surface area contributed by atoms with E-state index in [1.54, 1.807) is 0 Å². The summed E-state index contributed by atoms with van der Waals surface area (Å²) in [5.74, 6) is 0. The van der Waals surface area contributed by atoms with Crippen molar-refractivity contribution >= 4 is 43.7 Å². The Balaban J connectivity index is 1.38. The van der Waals surface area contributed by atoms with Crippen LogP contribution in [0, 0.1) is 0 Å². The molecule has 7 aromatic carbocycles. The molecule has 1 heteroatoms. The summed E-state index contributed by atoms with van der Waals surface area (Å²) >= 11 is 0. The number of hydrogen-bond donors (Lipinski definition) is 1. The van der Waals surface area contributed by atoms with Gasteiger partial charge in [0.05, 0.1) is 5.41 Å². The molecule has 1 atom stereocenters. The van der Waals surface area contributed by atoms with Crippen molar-refractivity contribution < 1.29 is 0 Å². The molecule has 1 unspecified atom stereocenters. The molecule has 226 valence electrons. The zero-order chi connectivity index (χ0) is 32.1. The second-order valence-corrected chi connectivity index (χ2v) is 12.8. The second kappa shape index (κ2) is 11.3. The van der Waals surface area contributed by atoms with Gasteiger partial charge in [-0.25, -0.2) is 0 Å². The summed E-state index contributed by atoms with van der Waals surface area (Å²) in [5.41, 5.74) is 11.6. The van der Waals surface area contributed by atoms with E-state index in [1.165, 1.54) is 71.3 Å². The van der Waals surface area contributed by atoms with Crippen LogP contribution in [-0.2, 0) is 5.41 Å².